The first kappa shape index (κ1) is 21.7. The number of benzene rings is 1. The molecule has 2 bridgehead atoms. The first-order valence-electron chi connectivity index (χ1n) is 13.7. The van der Waals surface area contributed by atoms with Crippen LogP contribution in [-0.2, 0) is 24.3 Å². The molecule has 35 heavy (non-hydrogen) atoms. The molecule has 2 aliphatic carbocycles. The average molecular weight is 469 g/mol. The lowest BCUT2D eigenvalue weighted by molar-refractivity contribution is -0.135. The molecule has 5 heteroatoms. The van der Waals surface area contributed by atoms with Gasteiger partial charge in [0.15, 0.2) is 0 Å². The van der Waals surface area contributed by atoms with E-state index in [1.165, 1.54) is 67.4 Å². The average Bonchev–Trinajstić information content (AvgIpc) is 3.58. The Labute approximate surface area is 208 Å². The lowest BCUT2D eigenvalue weighted by atomic mass is 9.87. The Morgan fingerprint density at radius 3 is 2.83 bits per heavy atom. The zero-order valence-corrected chi connectivity index (χ0v) is 20.9. The predicted octanol–water partition coefficient (Wildman–Crippen LogP) is 4.53. The Morgan fingerprint density at radius 1 is 1.06 bits per heavy atom. The van der Waals surface area contributed by atoms with Crippen LogP contribution in [0.3, 0.4) is 0 Å². The lowest BCUT2D eigenvalue weighted by Crippen LogP contribution is -2.52. The van der Waals surface area contributed by atoms with Gasteiger partial charge < -0.3 is 9.80 Å². The minimum absolute atomic E-state index is 0.313. The molecule has 5 nitrogen and oxygen atoms in total. The number of carbonyl (C=O) groups is 1. The third-order valence-electron chi connectivity index (χ3n) is 9.56. The molecule has 1 amide bonds. The van der Waals surface area contributed by atoms with E-state index in [1.54, 1.807) is 0 Å². The van der Waals surface area contributed by atoms with Gasteiger partial charge in [0.05, 0.1) is 18.7 Å². The molecule has 182 valence electrons. The Bertz CT molecular complexity index is 1200. The van der Waals surface area contributed by atoms with Crippen molar-refractivity contribution >= 4 is 11.6 Å². The van der Waals surface area contributed by atoms with E-state index in [0.717, 1.165) is 54.2 Å². The van der Waals surface area contributed by atoms with Gasteiger partial charge in [-0.1, -0.05) is 12.5 Å². The predicted molar refractivity (Wildman–Crippen MR) is 137 cm³/mol. The fourth-order valence-electron chi connectivity index (χ4n) is 7.84. The highest BCUT2D eigenvalue weighted by atomic mass is 16.2. The molecule has 0 spiro atoms. The second-order valence-corrected chi connectivity index (χ2v) is 11.8. The molecule has 0 radical (unpaired) electrons. The van der Waals surface area contributed by atoms with Gasteiger partial charge in [-0.05, 0) is 98.2 Å². The third-order valence-corrected chi connectivity index (χ3v) is 9.56. The highest BCUT2D eigenvalue weighted by molar-refractivity contribution is 6.15. The molecule has 2 saturated carbocycles. The summed E-state index contributed by atoms with van der Waals surface area (Å²) in [6.45, 7) is 7.01. The van der Waals surface area contributed by atoms with E-state index in [1.807, 2.05) is 13.1 Å². The molecule has 7 rings (SSSR count). The van der Waals surface area contributed by atoms with Crippen LogP contribution in [0.1, 0.15) is 72.0 Å². The third kappa shape index (κ3) is 3.92. The number of likely N-dealkylation sites (tertiary alicyclic amines) is 1. The quantitative estimate of drug-likeness (QED) is 0.663. The van der Waals surface area contributed by atoms with Gasteiger partial charge in [-0.15, -0.1) is 0 Å². The lowest BCUT2D eigenvalue weighted by Gasteiger charge is -2.42. The Hall–Kier alpha value is -2.53. The van der Waals surface area contributed by atoms with Crippen LogP contribution in [0.4, 0.5) is 0 Å². The summed E-state index contributed by atoms with van der Waals surface area (Å²) in [5, 5.41) is 0. The summed E-state index contributed by atoms with van der Waals surface area (Å²) in [7, 11) is 0. The molecular weight excluding hydrogens is 432 g/mol. The number of nitrogens with zero attached hydrogens (tertiary/aromatic N) is 4. The van der Waals surface area contributed by atoms with Crippen molar-refractivity contribution in [2.75, 3.05) is 19.6 Å². The van der Waals surface area contributed by atoms with Gasteiger partial charge in [-0.2, -0.15) is 0 Å². The Kier molecular flexibility index (Phi) is 5.31. The standard InChI is InChI=1S/C30H36N4O/c1-19-9-22(6-7-31-19)30-28-13-26-17-34(29(35)14-23(26)12-24(28)15-32-30)27-3-2-8-33(18-27)16-25-11-20-4-5-21(25)10-20/h6-7,9,12-13,20-21,25,27H,2-5,8,10-11,14-18H2,1H3/t20?,21?,25?,27-/m1/s1. The Morgan fingerprint density at radius 2 is 2.00 bits per heavy atom. The van der Waals surface area contributed by atoms with E-state index in [9.17, 15) is 4.79 Å². The molecule has 2 aromatic rings. The van der Waals surface area contributed by atoms with Gasteiger partial charge in [0.25, 0.3) is 0 Å². The number of hydrogen-bond donors (Lipinski definition) is 0. The summed E-state index contributed by atoms with van der Waals surface area (Å²) in [6.07, 6.45) is 10.6. The number of aromatic nitrogens is 1. The van der Waals surface area contributed by atoms with Gasteiger partial charge >= 0.3 is 0 Å². The van der Waals surface area contributed by atoms with E-state index >= 15 is 0 Å². The minimum Gasteiger partial charge on any atom is -0.334 e. The maximum absolute atomic E-state index is 13.3. The van der Waals surface area contributed by atoms with E-state index in [-0.39, 0.29) is 0 Å². The van der Waals surface area contributed by atoms with Gasteiger partial charge in [0.1, 0.15) is 0 Å². The summed E-state index contributed by atoms with van der Waals surface area (Å²) >= 11 is 0. The van der Waals surface area contributed by atoms with Crippen LogP contribution in [0.5, 0.6) is 0 Å². The number of hydrogen-bond acceptors (Lipinski definition) is 4. The first-order chi connectivity index (χ1) is 17.1. The maximum atomic E-state index is 13.3. The SMILES string of the molecule is Cc1cc(C2=NCc3cc4c(cc32)CN([C@@H]2CCCN(CC3CC5CCC3C5)C2)C(=O)C4)ccn1. The van der Waals surface area contributed by atoms with Crippen molar-refractivity contribution in [2.24, 2.45) is 22.7 Å². The summed E-state index contributed by atoms with van der Waals surface area (Å²) in [4.78, 5) is 27.4. The van der Waals surface area contributed by atoms with E-state index in [4.69, 9.17) is 4.99 Å². The zero-order chi connectivity index (χ0) is 23.5. The smallest absolute Gasteiger partial charge is 0.227 e. The highest BCUT2D eigenvalue weighted by Crippen LogP contribution is 2.48. The Balaban J connectivity index is 1.09. The van der Waals surface area contributed by atoms with Crippen LogP contribution in [0.25, 0.3) is 0 Å². The normalized spacial score (nSPS) is 29.9. The molecular formula is C30H36N4O. The van der Waals surface area contributed by atoms with E-state index < -0.39 is 0 Å². The van der Waals surface area contributed by atoms with Crippen LogP contribution in [0, 0.1) is 24.7 Å². The number of fused-ring (bicyclic) bond motifs is 4. The van der Waals surface area contributed by atoms with Gasteiger partial charge in [-0.25, -0.2) is 0 Å². The van der Waals surface area contributed by atoms with Crippen LogP contribution in [0.2, 0.25) is 0 Å². The molecule has 1 aromatic heterocycles. The topological polar surface area (TPSA) is 48.8 Å². The molecule has 3 aliphatic heterocycles. The number of carbonyl (C=O) groups excluding carboxylic acids is 1. The second kappa shape index (κ2) is 8.55. The monoisotopic (exact) mass is 468 g/mol. The minimum atomic E-state index is 0.313. The summed E-state index contributed by atoms with van der Waals surface area (Å²) < 4.78 is 0. The molecule has 3 unspecified atom stereocenters. The van der Waals surface area contributed by atoms with Gasteiger partial charge in [-0.3, -0.25) is 14.8 Å². The molecule has 1 saturated heterocycles. The van der Waals surface area contributed by atoms with Crippen molar-refractivity contribution < 1.29 is 4.79 Å². The second-order valence-electron chi connectivity index (χ2n) is 11.8. The summed E-state index contributed by atoms with van der Waals surface area (Å²) in [5.41, 5.74) is 8.25. The largest absolute Gasteiger partial charge is 0.334 e. The first-order valence-corrected chi connectivity index (χ1v) is 13.7. The fourth-order valence-corrected chi connectivity index (χ4v) is 7.84. The maximum Gasteiger partial charge on any atom is 0.227 e. The molecule has 5 aliphatic rings. The van der Waals surface area contributed by atoms with Crippen molar-refractivity contribution in [3.63, 3.8) is 0 Å². The number of aryl methyl sites for hydroxylation is 1. The van der Waals surface area contributed by atoms with Crippen LogP contribution in [0.15, 0.2) is 35.5 Å². The van der Waals surface area contributed by atoms with Crippen molar-refractivity contribution in [3.8, 4) is 0 Å². The van der Waals surface area contributed by atoms with Crippen LogP contribution < -0.4 is 0 Å². The molecule has 4 heterocycles. The van der Waals surface area contributed by atoms with E-state index in [0.29, 0.717) is 24.9 Å². The highest BCUT2D eigenvalue weighted by Gasteiger charge is 2.41. The molecule has 1 aromatic carbocycles. The summed E-state index contributed by atoms with van der Waals surface area (Å²) in [5.74, 6) is 3.21. The number of rotatable bonds is 4. The van der Waals surface area contributed by atoms with Crippen molar-refractivity contribution in [3.05, 3.63) is 64.0 Å². The number of aliphatic imine (C=N–C) groups is 1. The van der Waals surface area contributed by atoms with Crippen molar-refractivity contribution in [1.29, 1.82) is 0 Å². The molecule has 0 N–H and O–H groups in total. The van der Waals surface area contributed by atoms with Crippen molar-refractivity contribution in [1.82, 2.24) is 14.8 Å². The molecule has 3 fully saturated rings. The number of pyridine rings is 1. The fraction of sp³-hybridized carbons (Fsp3) is 0.567. The van der Waals surface area contributed by atoms with Crippen LogP contribution in [-0.4, -0.2) is 52.1 Å². The number of amides is 1. The number of piperidine rings is 1. The van der Waals surface area contributed by atoms with Gasteiger partial charge in [0, 0.05) is 48.7 Å². The van der Waals surface area contributed by atoms with Crippen LogP contribution >= 0.6 is 0 Å². The zero-order valence-electron chi connectivity index (χ0n) is 20.9. The van der Waals surface area contributed by atoms with Crippen molar-refractivity contribution in [2.45, 2.75) is 71.0 Å². The van der Waals surface area contributed by atoms with E-state index in [2.05, 4.69) is 39.0 Å². The molecule has 4 atom stereocenters. The summed E-state index contributed by atoms with van der Waals surface area (Å²) in [6, 6.07) is 9.13. The van der Waals surface area contributed by atoms with Gasteiger partial charge in [0.2, 0.25) is 5.91 Å².